The smallest absolute Gasteiger partial charge is 0.0920 e. The molecule has 1 saturated heterocycles. The molecule has 0 spiro atoms. The van der Waals surface area contributed by atoms with Crippen LogP contribution in [0.4, 0.5) is 0 Å². The van der Waals surface area contributed by atoms with Crippen molar-refractivity contribution in [2.24, 2.45) is 17.3 Å². The van der Waals surface area contributed by atoms with E-state index >= 15 is 0 Å². The van der Waals surface area contributed by atoms with Gasteiger partial charge >= 0.3 is 0 Å². The molecule has 1 aliphatic heterocycles. The molecule has 2 nitrogen and oxygen atoms in total. The van der Waals surface area contributed by atoms with Crippen LogP contribution in [0.1, 0.15) is 66.2 Å². The summed E-state index contributed by atoms with van der Waals surface area (Å²) in [6, 6.07) is 0. The molecule has 2 saturated carbocycles. The van der Waals surface area contributed by atoms with Gasteiger partial charge in [-0.25, -0.2) is 0 Å². The molecular formula is C20H32O2. The third-order valence-corrected chi connectivity index (χ3v) is 6.51. The van der Waals surface area contributed by atoms with Gasteiger partial charge in [0.15, 0.2) is 0 Å². The Morgan fingerprint density at radius 2 is 2.14 bits per heavy atom. The molecule has 0 aromatic carbocycles. The van der Waals surface area contributed by atoms with Crippen LogP contribution >= 0.6 is 0 Å². The van der Waals surface area contributed by atoms with Crippen molar-refractivity contribution >= 4 is 0 Å². The zero-order valence-electron chi connectivity index (χ0n) is 14.7. The minimum atomic E-state index is -0.308. The molecule has 22 heavy (non-hydrogen) atoms. The van der Waals surface area contributed by atoms with Gasteiger partial charge in [-0.3, -0.25) is 0 Å². The molecule has 3 aliphatic rings. The molecule has 2 heteroatoms. The van der Waals surface area contributed by atoms with E-state index in [-0.39, 0.29) is 17.1 Å². The van der Waals surface area contributed by atoms with E-state index < -0.39 is 0 Å². The SMILES string of the molecule is C=C1CC[C@H]2O[C@]2(C)CC[C@@H]2[C@@H]1C[C@@]2(C)CC(O)C=C(C)C. The fraction of sp³-hybridized carbons (Fsp3) is 0.800. The highest BCUT2D eigenvalue weighted by Gasteiger charge is 2.57. The molecule has 0 amide bonds. The van der Waals surface area contributed by atoms with E-state index in [2.05, 4.69) is 34.3 Å². The minimum Gasteiger partial charge on any atom is -0.389 e. The second-order valence-corrected chi connectivity index (χ2v) is 8.74. The predicted molar refractivity (Wildman–Crippen MR) is 90.6 cm³/mol. The lowest BCUT2D eigenvalue weighted by Crippen LogP contribution is -2.48. The minimum absolute atomic E-state index is 0.129. The molecule has 1 unspecified atom stereocenters. The van der Waals surface area contributed by atoms with Crippen molar-refractivity contribution in [2.45, 2.75) is 84.0 Å². The molecule has 6 atom stereocenters. The van der Waals surface area contributed by atoms with E-state index in [9.17, 15) is 5.11 Å². The third-order valence-electron chi connectivity index (χ3n) is 6.51. The zero-order chi connectivity index (χ0) is 16.1. The van der Waals surface area contributed by atoms with Gasteiger partial charge in [-0.2, -0.15) is 0 Å². The van der Waals surface area contributed by atoms with Gasteiger partial charge in [-0.15, -0.1) is 0 Å². The second kappa shape index (κ2) is 5.49. The fourth-order valence-corrected chi connectivity index (χ4v) is 5.08. The molecule has 0 radical (unpaired) electrons. The first-order valence-corrected chi connectivity index (χ1v) is 8.92. The Bertz CT molecular complexity index is 490. The van der Waals surface area contributed by atoms with E-state index in [0.29, 0.717) is 17.9 Å². The van der Waals surface area contributed by atoms with Gasteiger partial charge in [0.1, 0.15) is 0 Å². The first-order chi connectivity index (χ1) is 10.2. The van der Waals surface area contributed by atoms with Crippen LogP contribution in [0.2, 0.25) is 0 Å². The number of aliphatic hydroxyl groups excluding tert-OH is 1. The Morgan fingerprint density at radius 3 is 2.82 bits per heavy atom. The Morgan fingerprint density at radius 1 is 1.41 bits per heavy atom. The van der Waals surface area contributed by atoms with Crippen LogP contribution in [-0.4, -0.2) is 22.9 Å². The van der Waals surface area contributed by atoms with Gasteiger partial charge in [0, 0.05) is 0 Å². The summed E-state index contributed by atoms with van der Waals surface area (Å²) < 4.78 is 5.94. The number of ether oxygens (including phenoxy) is 1. The largest absolute Gasteiger partial charge is 0.389 e. The van der Waals surface area contributed by atoms with E-state index in [4.69, 9.17) is 4.74 Å². The molecule has 3 rings (SSSR count). The van der Waals surface area contributed by atoms with Crippen LogP contribution in [0.15, 0.2) is 23.8 Å². The number of rotatable bonds is 3. The molecule has 124 valence electrons. The summed E-state index contributed by atoms with van der Waals surface area (Å²) in [6.45, 7) is 13.1. The van der Waals surface area contributed by atoms with Crippen LogP contribution in [-0.2, 0) is 4.74 Å². The Hall–Kier alpha value is -0.600. The molecular weight excluding hydrogens is 272 g/mol. The van der Waals surface area contributed by atoms with Gasteiger partial charge < -0.3 is 9.84 Å². The average Bonchev–Trinajstić information content (AvgIpc) is 3.02. The normalized spacial score (nSPS) is 45.3. The van der Waals surface area contributed by atoms with Crippen LogP contribution in [0.25, 0.3) is 0 Å². The molecule has 3 fully saturated rings. The highest BCUT2D eigenvalue weighted by molar-refractivity contribution is 5.18. The van der Waals surface area contributed by atoms with Gasteiger partial charge in [0.05, 0.1) is 17.8 Å². The van der Waals surface area contributed by atoms with Crippen molar-refractivity contribution in [3.05, 3.63) is 23.8 Å². The first-order valence-electron chi connectivity index (χ1n) is 8.92. The molecule has 0 aromatic heterocycles. The van der Waals surface area contributed by atoms with Gasteiger partial charge in [-0.1, -0.05) is 30.7 Å². The quantitative estimate of drug-likeness (QED) is 0.609. The summed E-state index contributed by atoms with van der Waals surface area (Å²) in [5.74, 6) is 1.34. The van der Waals surface area contributed by atoms with E-state index in [1.165, 1.54) is 30.4 Å². The number of aliphatic hydroxyl groups is 1. The standard InChI is InChI=1S/C20H32O2/c1-13(2)10-15(21)11-19(4)12-16-14(3)6-7-18-20(5,22-18)9-8-17(16)19/h10,15-18,21H,3,6-9,11-12H2,1-2,4-5H3/t15?,16-,17-,18-,19-,20-/m1/s1. The Kier molecular flexibility index (Phi) is 4.06. The van der Waals surface area contributed by atoms with Crippen molar-refractivity contribution in [2.75, 3.05) is 0 Å². The first kappa shape index (κ1) is 16.3. The van der Waals surface area contributed by atoms with Crippen LogP contribution in [0.5, 0.6) is 0 Å². The number of fused-ring (bicyclic) bond motifs is 2. The summed E-state index contributed by atoms with van der Waals surface area (Å²) in [5, 5.41) is 10.3. The number of hydrogen-bond donors (Lipinski definition) is 1. The maximum atomic E-state index is 10.3. The van der Waals surface area contributed by atoms with Gasteiger partial charge in [-0.05, 0) is 76.5 Å². The average molecular weight is 304 g/mol. The van der Waals surface area contributed by atoms with Gasteiger partial charge in [0.2, 0.25) is 0 Å². The zero-order valence-corrected chi connectivity index (χ0v) is 14.7. The highest BCUT2D eigenvalue weighted by atomic mass is 16.6. The van der Waals surface area contributed by atoms with E-state index in [1.54, 1.807) is 0 Å². The van der Waals surface area contributed by atoms with E-state index in [0.717, 1.165) is 19.3 Å². The van der Waals surface area contributed by atoms with Crippen molar-refractivity contribution < 1.29 is 9.84 Å². The van der Waals surface area contributed by atoms with E-state index in [1.807, 2.05) is 6.08 Å². The Labute approximate surface area is 135 Å². The number of hydrogen-bond acceptors (Lipinski definition) is 2. The van der Waals surface area contributed by atoms with Crippen molar-refractivity contribution in [1.82, 2.24) is 0 Å². The highest BCUT2D eigenvalue weighted by Crippen LogP contribution is 2.61. The lowest BCUT2D eigenvalue weighted by Gasteiger charge is -2.55. The van der Waals surface area contributed by atoms with Crippen LogP contribution < -0.4 is 0 Å². The summed E-state index contributed by atoms with van der Waals surface area (Å²) in [4.78, 5) is 0. The van der Waals surface area contributed by atoms with Crippen molar-refractivity contribution in [3.8, 4) is 0 Å². The number of allylic oxidation sites excluding steroid dienone is 2. The molecule has 2 aliphatic carbocycles. The maximum Gasteiger partial charge on any atom is 0.0920 e. The molecule has 0 aromatic rings. The molecule has 1 heterocycles. The summed E-state index contributed by atoms with van der Waals surface area (Å²) >= 11 is 0. The van der Waals surface area contributed by atoms with Crippen molar-refractivity contribution in [1.29, 1.82) is 0 Å². The summed E-state index contributed by atoms with van der Waals surface area (Å²) in [7, 11) is 0. The topological polar surface area (TPSA) is 32.8 Å². The van der Waals surface area contributed by atoms with Gasteiger partial charge in [0.25, 0.3) is 0 Å². The fourth-order valence-electron chi connectivity index (χ4n) is 5.08. The lowest BCUT2D eigenvalue weighted by molar-refractivity contribution is -0.0475. The second-order valence-electron chi connectivity index (χ2n) is 8.74. The molecule has 1 N–H and O–H groups in total. The van der Waals surface area contributed by atoms with Crippen molar-refractivity contribution in [3.63, 3.8) is 0 Å². The summed E-state index contributed by atoms with van der Waals surface area (Å²) in [6.07, 6.45) is 8.89. The van der Waals surface area contributed by atoms with Crippen LogP contribution in [0.3, 0.4) is 0 Å². The summed E-state index contributed by atoms with van der Waals surface area (Å²) in [5.41, 5.74) is 3.01. The third kappa shape index (κ3) is 2.92. The predicted octanol–water partition coefficient (Wildman–Crippen LogP) is 4.63. The van der Waals surface area contributed by atoms with Crippen LogP contribution in [0, 0.1) is 17.3 Å². The Balaban J connectivity index is 1.70. The maximum absolute atomic E-state index is 10.3. The molecule has 0 bridgehead atoms. The number of epoxide rings is 1. The lowest BCUT2D eigenvalue weighted by atomic mass is 9.49. The monoisotopic (exact) mass is 304 g/mol.